The molecule has 0 saturated carbocycles. The lowest BCUT2D eigenvalue weighted by Gasteiger charge is -2.08. The Hall–Kier alpha value is -0.310. The predicted molar refractivity (Wildman–Crippen MR) is 78.2 cm³/mol. The number of anilines is 1. The topological polar surface area (TPSA) is 69.6 Å². The van der Waals surface area contributed by atoms with Gasteiger partial charge in [-0.15, -0.1) is 11.8 Å². The molecule has 0 aliphatic carbocycles. The molecule has 0 fully saturated rings. The number of aliphatic hydroxyl groups is 2. The van der Waals surface area contributed by atoms with E-state index in [0.29, 0.717) is 5.75 Å². The molecular weight excluding hydrogens is 353 g/mol. The normalized spacial score (nSPS) is 12.2. The third kappa shape index (κ3) is 5.71. The lowest BCUT2D eigenvalue weighted by Crippen LogP contribution is -2.19. The molecule has 0 spiro atoms. The third-order valence-corrected chi connectivity index (χ3v) is 3.93. The van der Waals surface area contributed by atoms with E-state index in [0.717, 1.165) is 9.26 Å². The Bertz CT molecular complexity index is 375. The summed E-state index contributed by atoms with van der Waals surface area (Å²) in [4.78, 5) is 11.6. The molecule has 94 valence electrons. The van der Waals surface area contributed by atoms with Crippen LogP contribution in [0.25, 0.3) is 0 Å². The Morgan fingerprint density at radius 1 is 1.47 bits per heavy atom. The number of hydrogen-bond acceptors (Lipinski definition) is 4. The van der Waals surface area contributed by atoms with Crippen molar-refractivity contribution in [2.75, 3.05) is 23.4 Å². The van der Waals surface area contributed by atoms with Crippen LogP contribution < -0.4 is 5.32 Å². The zero-order valence-electron chi connectivity index (χ0n) is 9.10. The van der Waals surface area contributed by atoms with Gasteiger partial charge in [-0.1, -0.05) is 12.1 Å². The van der Waals surface area contributed by atoms with Gasteiger partial charge >= 0.3 is 0 Å². The smallest absolute Gasteiger partial charge is 0.234 e. The summed E-state index contributed by atoms with van der Waals surface area (Å²) in [5.74, 6) is 0.516. The van der Waals surface area contributed by atoms with Gasteiger partial charge in [0.25, 0.3) is 0 Å². The Morgan fingerprint density at radius 3 is 2.82 bits per heavy atom. The number of nitrogens with one attached hydrogen (secondary N) is 1. The summed E-state index contributed by atoms with van der Waals surface area (Å²) >= 11 is 3.45. The van der Waals surface area contributed by atoms with E-state index in [1.165, 1.54) is 11.8 Å². The molecule has 0 radical (unpaired) electrons. The number of carbonyl (C=O) groups excluding carboxylic acids is 1. The van der Waals surface area contributed by atoms with Gasteiger partial charge in [-0.3, -0.25) is 4.79 Å². The Morgan fingerprint density at radius 2 is 2.18 bits per heavy atom. The molecule has 0 heterocycles. The first-order valence-electron chi connectivity index (χ1n) is 5.04. The van der Waals surface area contributed by atoms with E-state index in [9.17, 15) is 4.79 Å². The van der Waals surface area contributed by atoms with Gasteiger partial charge in [-0.05, 0) is 34.7 Å². The summed E-state index contributed by atoms with van der Waals surface area (Å²) in [6, 6.07) is 7.52. The van der Waals surface area contributed by atoms with Crippen molar-refractivity contribution in [1.29, 1.82) is 0 Å². The fourth-order valence-electron chi connectivity index (χ4n) is 1.09. The highest BCUT2D eigenvalue weighted by atomic mass is 127. The summed E-state index contributed by atoms with van der Waals surface area (Å²) in [6.07, 6.45) is -0.760. The summed E-state index contributed by atoms with van der Waals surface area (Å²) in [5, 5.41) is 20.5. The molecule has 0 bridgehead atoms. The molecule has 1 unspecified atom stereocenters. The summed E-state index contributed by atoms with van der Waals surface area (Å²) in [7, 11) is 0. The highest BCUT2D eigenvalue weighted by Gasteiger charge is 2.07. The number of thioether (sulfide) groups is 1. The van der Waals surface area contributed by atoms with Gasteiger partial charge in [0.15, 0.2) is 0 Å². The van der Waals surface area contributed by atoms with Gasteiger partial charge in [-0.2, -0.15) is 0 Å². The van der Waals surface area contributed by atoms with E-state index in [1.54, 1.807) is 0 Å². The molecule has 17 heavy (non-hydrogen) atoms. The van der Waals surface area contributed by atoms with E-state index in [-0.39, 0.29) is 18.3 Å². The molecule has 4 nitrogen and oxygen atoms in total. The molecule has 1 rings (SSSR count). The number of hydrogen-bond donors (Lipinski definition) is 3. The van der Waals surface area contributed by atoms with Crippen molar-refractivity contribution in [3.8, 4) is 0 Å². The minimum Gasteiger partial charge on any atom is -0.394 e. The van der Waals surface area contributed by atoms with Crippen LogP contribution in [-0.2, 0) is 4.79 Å². The Balaban J connectivity index is 2.33. The highest BCUT2D eigenvalue weighted by molar-refractivity contribution is 14.1. The maximum atomic E-state index is 11.6. The number of carbonyl (C=O) groups is 1. The molecule has 1 atom stereocenters. The molecule has 3 N–H and O–H groups in total. The van der Waals surface area contributed by atoms with Crippen LogP contribution in [0.4, 0.5) is 5.69 Å². The Labute approximate surface area is 118 Å². The van der Waals surface area contributed by atoms with Gasteiger partial charge in [0, 0.05) is 9.32 Å². The average Bonchev–Trinajstić information content (AvgIpc) is 2.32. The van der Waals surface area contributed by atoms with Crippen molar-refractivity contribution >= 4 is 45.9 Å². The summed E-state index contributed by atoms with van der Waals surface area (Å²) in [5.41, 5.74) is 0.793. The summed E-state index contributed by atoms with van der Waals surface area (Å²) in [6.45, 7) is -0.273. The minimum absolute atomic E-state index is 0.107. The fourth-order valence-corrected chi connectivity index (χ4v) is 2.36. The minimum atomic E-state index is -0.760. The zero-order valence-corrected chi connectivity index (χ0v) is 12.1. The highest BCUT2D eigenvalue weighted by Crippen LogP contribution is 2.17. The van der Waals surface area contributed by atoms with Crippen molar-refractivity contribution in [3.05, 3.63) is 27.8 Å². The first-order chi connectivity index (χ1) is 8.13. The second-order valence-electron chi connectivity index (χ2n) is 3.38. The van der Waals surface area contributed by atoms with Crippen molar-refractivity contribution in [2.24, 2.45) is 0 Å². The largest absolute Gasteiger partial charge is 0.394 e. The van der Waals surface area contributed by atoms with Crippen molar-refractivity contribution in [2.45, 2.75) is 6.10 Å². The monoisotopic (exact) mass is 367 g/mol. The van der Waals surface area contributed by atoms with Crippen LogP contribution in [0.5, 0.6) is 0 Å². The van der Waals surface area contributed by atoms with Crippen molar-refractivity contribution in [1.82, 2.24) is 0 Å². The maximum absolute atomic E-state index is 11.6. The number of benzene rings is 1. The number of rotatable bonds is 6. The van der Waals surface area contributed by atoms with E-state index < -0.39 is 6.10 Å². The predicted octanol–water partition coefficient (Wildman–Crippen LogP) is 1.32. The van der Waals surface area contributed by atoms with E-state index >= 15 is 0 Å². The third-order valence-electron chi connectivity index (χ3n) is 1.90. The first-order valence-corrected chi connectivity index (χ1v) is 7.28. The molecule has 0 aliphatic rings. The molecule has 1 amide bonds. The van der Waals surface area contributed by atoms with E-state index in [2.05, 4.69) is 27.9 Å². The second kappa shape index (κ2) is 7.91. The van der Waals surface area contributed by atoms with Gasteiger partial charge in [-0.25, -0.2) is 0 Å². The molecule has 1 aromatic rings. The molecule has 0 aliphatic heterocycles. The van der Waals surface area contributed by atoms with Crippen molar-refractivity contribution < 1.29 is 15.0 Å². The fraction of sp³-hybridized carbons (Fsp3) is 0.364. The van der Waals surface area contributed by atoms with Crippen LogP contribution in [0.2, 0.25) is 0 Å². The number of aliphatic hydroxyl groups excluding tert-OH is 2. The van der Waals surface area contributed by atoms with Gasteiger partial charge in [0.1, 0.15) is 0 Å². The molecule has 1 aromatic carbocycles. The number of halogens is 1. The van der Waals surface area contributed by atoms with Crippen LogP contribution in [-0.4, -0.2) is 40.3 Å². The molecular formula is C11H14INO3S. The molecule has 6 heteroatoms. The number of amides is 1. The summed E-state index contributed by atoms with van der Waals surface area (Å²) < 4.78 is 0.985. The average molecular weight is 367 g/mol. The van der Waals surface area contributed by atoms with Crippen LogP contribution in [0.15, 0.2) is 24.3 Å². The number of para-hydroxylation sites is 1. The zero-order chi connectivity index (χ0) is 12.7. The van der Waals surface area contributed by atoms with Crippen LogP contribution >= 0.6 is 34.4 Å². The lowest BCUT2D eigenvalue weighted by molar-refractivity contribution is -0.113. The SMILES string of the molecule is O=C(CSCC(O)CO)Nc1ccccc1I. The maximum Gasteiger partial charge on any atom is 0.234 e. The lowest BCUT2D eigenvalue weighted by atomic mass is 10.3. The van der Waals surface area contributed by atoms with E-state index in [1.807, 2.05) is 24.3 Å². The van der Waals surface area contributed by atoms with Crippen LogP contribution in [0.1, 0.15) is 0 Å². The second-order valence-corrected chi connectivity index (χ2v) is 5.57. The standard InChI is InChI=1S/C11H14INO3S/c12-9-3-1-2-4-10(9)13-11(16)7-17-6-8(15)5-14/h1-4,8,14-15H,5-7H2,(H,13,16). The van der Waals surface area contributed by atoms with Crippen LogP contribution in [0, 0.1) is 3.57 Å². The molecule has 0 saturated heterocycles. The van der Waals surface area contributed by atoms with Gasteiger partial charge < -0.3 is 15.5 Å². The first kappa shape index (κ1) is 14.7. The van der Waals surface area contributed by atoms with Gasteiger partial charge in [0.2, 0.25) is 5.91 Å². The quantitative estimate of drug-likeness (QED) is 0.664. The van der Waals surface area contributed by atoms with E-state index in [4.69, 9.17) is 10.2 Å². The Kier molecular flexibility index (Phi) is 6.86. The van der Waals surface area contributed by atoms with Gasteiger partial charge in [0.05, 0.1) is 24.2 Å². The molecule has 0 aromatic heterocycles. The van der Waals surface area contributed by atoms with Crippen LogP contribution in [0.3, 0.4) is 0 Å². The van der Waals surface area contributed by atoms with Crippen molar-refractivity contribution in [3.63, 3.8) is 0 Å².